The van der Waals surface area contributed by atoms with Crippen molar-refractivity contribution < 1.29 is 17.9 Å². The molecule has 3 nitrogen and oxygen atoms in total. The number of hydrogen-bond donors (Lipinski definition) is 1. The summed E-state index contributed by atoms with van der Waals surface area (Å²) in [5, 5.41) is 3.47. The van der Waals surface area contributed by atoms with E-state index in [2.05, 4.69) is 17.1 Å². The van der Waals surface area contributed by atoms with Crippen molar-refractivity contribution in [1.82, 2.24) is 10.2 Å². The van der Waals surface area contributed by atoms with Gasteiger partial charge in [-0.05, 0) is 38.9 Å². The van der Waals surface area contributed by atoms with E-state index in [-0.39, 0.29) is 12.8 Å². The van der Waals surface area contributed by atoms with Crippen LogP contribution in [0.3, 0.4) is 0 Å². The number of likely N-dealkylation sites (tertiary alicyclic amines) is 1. The van der Waals surface area contributed by atoms with E-state index in [0.717, 1.165) is 32.7 Å². The third kappa shape index (κ3) is 4.33. The third-order valence-electron chi connectivity index (χ3n) is 4.40. The highest BCUT2D eigenvalue weighted by Crippen LogP contribution is 2.34. The molecule has 20 heavy (non-hydrogen) atoms. The average molecular weight is 294 g/mol. The highest BCUT2D eigenvalue weighted by molar-refractivity contribution is 4.85. The number of nitrogens with zero attached hydrogens (tertiary/aromatic N) is 1. The van der Waals surface area contributed by atoms with Gasteiger partial charge in [0.15, 0.2) is 0 Å². The van der Waals surface area contributed by atoms with Crippen LogP contribution < -0.4 is 5.32 Å². The maximum atomic E-state index is 12.6. The van der Waals surface area contributed by atoms with Gasteiger partial charge in [-0.25, -0.2) is 0 Å². The number of ether oxygens (including phenoxy) is 1. The fourth-order valence-corrected chi connectivity index (χ4v) is 3.11. The minimum atomic E-state index is -4.02. The number of hydrogen-bond acceptors (Lipinski definition) is 3. The number of piperidine rings is 1. The van der Waals surface area contributed by atoms with Gasteiger partial charge >= 0.3 is 6.18 Å². The van der Waals surface area contributed by atoms with Gasteiger partial charge in [-0.2, -0.15) is 13.2 Å². The van der Waals surface area contributed by atoms with Gasteiger partial charge in [0.1, 0.15) is 0 Å². The minimum absolute atomic E-state index is 0.240. The molecule has 0 aromatic rings. The summed E-state index contributed by atoms with van der Waals surface area (Å²) in [5.41, 5.74) is 0. The number of rotatable bonds is 5. The Morgan fingerprint density at radius 1 is 1.20 bits per heavy atom. The third-order valence-corrected chi connectivity index (χ3v) is 4.40. The van der Waals surface area contributed by atoms with Crippen LogP contribution >= 0.6 is 0 Å². The summed E-state index contributed by atoms with van der Waals surface area (Å²) in [6.07, 6.45) is -2.46. The predicted molar refractivity (Wildman–Crippen MR) is 71.6 cm³/mol. The predicted octanol–water partition coefficient (Wildman–Crippen LogP) is 2.28. The number of nitrogens with one attached hydrogen (secondary N) is 1. The van der Waals surface area contributed by atoms with E-state index in [4.69, 9.17) is 4.74 Å². The molecule has 0 aromatic heterocycles. The van der Waals surface area contributed by atoms with Gasteiger partial charge in [0.25, 0.3) is 0 Å². The average Bonchev–Trinajstić information content (AvgIpc) is 2.83. The maximum absolute atomic E-state index is 12.6. The van der Waals surface area contributed by atoms with Crippen LogP contribution in [0.1, 0.15) is 26.2 Å². The van der Waals surface area contributed by atoms with Gasteiger partial charge in [-0.15, -0.1) is 0 Å². The van der Waals surface area contributed by atoms with Crippen LogP contribution in [0.5, 0.6) is 0 Å². The zero-order valence-corrected chi connectivity index (χ0v) is 12.1. The lowest BCUT2D eigenvalue weighted by molar-refractivity contribution is -0.185. The molecule has 118 valence electrons. The van der Waals surface area contributed by atoms with Crippen molar-refractivity contribution in [3.05, 3.63) is 0 Å². The van der Waals surface area contributed by atoms with Crippen LogP contribution in [0.4, 0.5) is 13.2 Å². The monoisotopic (exact) mass is 294 g/mol. The SMILES string of the molecule is CCCNC1COCC1CN1CCC(C(F)(F)F)CC1. The van der Waals surface area contributed by atoms with Gasteiger partial charge in [-0.1, -0.05) is 6.92 Å². The molecule has 0 radical (unpaired) electrons. The van der Waals surface area contributed by atoms with Crippen molar-refractivity contribution in [2.75, 3.05) is 39.4 Å². The van der Waals surface area contributed by atoms with Crippen LogP contribution in [-0.4, -0.2) is 56.5 Å². The Labute approximate surface area is 118 Å². The first-order chi connectivity index (χ1) is 9.50. The molecule has 2 heterocycles. The van der Waals surface area contributed by atoms with E-state index < -0.39 is 12.1 Å². The molecule has 2 rings (SSSR count). The lowest BCUT2D eigenvalue weighted by Crippen LogP contribution is -2.45. The molecular formula is C14H25F3N2O. The van der Waals surface area contributed by atoms with Crippen LogP contribution in [-0.2, 0) is 4.74 Å². The largest absolute Gasteiger partial charge is 0.391 e. The molecule has 2 unspecified atom stereocenters. The van der Waals surface area contributed by atoms with E-state index in [9.17, 15) is 13.2 Å². The molecule has 0 saturated carbocycles. The lowest BCUT2D eigenvalue weighted by atomic mass is 9.94. The molecule has 2 fully saturated rings. The molecule has 0 aromatic carbocycles. The lowest BCUT2D eigenvalue weighted by Gasteiger charge is -2.35. The Morgan fingerprint density at radius 2 is 1.90 bits per heavy atom. The molecule has 0 spiro atoms. The van der Waals surface area contributed by atoms with Crippen molar-refractivity contribution in [1.29, 1.82) is 0 Å². The first kappa shape index (κ1) is 16.0. The molecule has 2 aliphatic heterocycles. The normalized spacial score (nSPS) is 30.0. The van der Waals surface area contributed by atoms with E-state index in [0.29, 0.717) is 25.0 Å². The van der Waals surface area contributed by atoms with Crippen molar-refractivity contribution in [2.45, 2.75) is 38.4 Å². The quantitative estimate of drug-likeness (QED) is 0.842. The Hall–Kier alpha value is -0.330. The summed E-state index contributed by atoms with van der Waals surface area (Å²) >= 11 is 0. The molecule has 6 heteroatoms. The molecule has 0 amide bonds. The summed E-state index contributed by atoms with van der Waals surface area (Å²) in [5.74, 6) is -0.698. The molecule has 0 bridgehead atoms. The van der Waals surface area contributed by atoms with E-state index >= 15 is 0 Å². The summed E-state index contributed by atoms with van der Waals surface area (Å²) in [4.78, 5) is 2.17. The van der Waals surface area contributed by atoms with E-state index in [1.54, 1.807) is 0 Å². The Balaban J connectivity index is 1.74. The zero-order chi connectivity index (χ0) is 14.6. The van der Waals surface area contributed by atoms with Crippen LogP contribution in [0.15, 0.2) is 0 Å². The van der Waals surface area contributed by atoms with Gasteiger partial charge in [0, 0.05) is 18.5 Å². The summed E-state index contributed by atoms with van der Waals surface area (Å²) in [6.45, 7) is 6.51. The molecule has 0 aliphatic carbocycles. The number of alkyl halides is 3. The summed E-state index contributed by atoms with van der Waals surface area (Å²) < 4.78 is 43.4. The smallest absolute Gasteiger partial charge is 0.379 e. The van der Waals surface area contributed by atoms with Crippen LogP contribution in [0, 0.1) is 11.8 Å². The molecular weight excluding hydrogens is 269 g/mol. The van der Waals surface area contributed by atoms with E-state index in [1.165, 1.54) is 0 Å². The first-order valence-corrected chi connectivity index (χ1v) is 7.61. The minimum Gasteiger partial charge on any atom is -0.379 e. The second-order valence-electron chi connectivity index (χ2n) is 5.97. The van der Waals surface area contributed by atoms with E-state index in [1.807, 2.05) is 0 Å². The van der Waals surface area contributed by atoms with Gasteiger partial charge in [-0.3, -0.25) is 0 Å². The van der Waals surface area contributed by atoms with Crippen molar-refractivity contribution in [3.63, 3.8) is 0 Å². The van der Waals surface area contributed by atoms with Gasteiger partial charge in [0.2, 0.25) is 0 Å². The second kappa shape index (κ2) is 7.09. The highest BCUT2D eigenvalue weighted by Gasteiger charge is 2.41. The zero-order valence-electron chi connectivity index (χ0n) is 12.1. The van der Waals surface area contributed by atoms with Crippen LogP contribution in [0.25, 0.3) is 0 Å². The molecule has 2 saturated heterocycles. The summed E-state index contributed by atoms with van der Waals surface area (Å²) in [6, 6.07) is 0.357. The topological polar surface area (TPSA) is 24.5 Å². The standard InChI is InChI=1S/C14H25F3N2O/c1-2-5-18-13-10-20-9-11(13)8-19-6-3-12(4-7-19)14(15,16)17/h11-13,18H,2-10H2,1H3. The second-order valence-corrected chi connectivity index (χ2v) is 5.97. The van der Waals surface area contributed by atoms with Crippen molar-refractivity contribution in [2.24, 2.45) is 11.8 Å². The fraction of sp³-hybridized carbons (Fsp3) is 1.00. The molecule has 2 atom stereocenters. The number of halogens is 3. The summed E-state index contributed by atoms with van der Waals surface area (Å²) in [7, 11) is 0. The van der Waals surface area contributed by atoms with Crippen molar-refractivity contribution >= 4 is 0 Å². The Kier molecular flexibility index (Phi) is 5.69. The Bertz CT molecular complexity index is 291. The first-order valence-electron chi connectivity index (χ1n) is 7.61. The van der Waals surface area contributed by atoms with Crippen LogP contribution in [0.2, 0.25) is 0 Å². The van der Waals surface area contributed by atoms with Gasteiger partial charge < -0.3 is 15.0 Å². The highest BCUT2D eigenvalue weighted by atomic mass is 19.4. The molecule has 1 N–H and O–H groups in total. The fourth-order valence-electron chi connectivity index (χ4n) is 3.11. The van der Waals surface area contributed by atoms with Crippen molar-refractivity contribution in [3.8, 4) is 0 Å². The van der Waals surface area contributed by atoms with Gasteiger partial charge in [0.05, 0.1) is 19.1 Å². The Morgan fingerprint density at radius 3 is 2.50 bits per heavy atom. The maximum Gasteiger partial charge on any atom is 0.391 e. The molecule has 2 aliphatic rings.